The molecule has 132 valence electrons. The molecule has 1 aliphatic heterocycles. The topological polar surface area (TPSA) is 55.9 Å². The second kappa shape index (κ2) is 8.15. The van der Waals surface area contributed by atoms with Gasteiger partial charge < -0.3 is 20.0 Å². The molecule has 6 heteroatoms. The number of benzene rings is 1. The number of hydrogen-bond acceptors (Lipinski definition) is 3. The first-order valence-electron chi connectivity index (χ1n) is 8.38. The van der Waals surface area contributed by atoms with Crippen molar-refractivity contribution in [3.63, 3.8) is 0 Å². The van der Waals surface area contributed by atoms with Crippen LogP contribution in [0.1, 0.15) is 16.7 Å². The molecule has 0 aliphatic carbocycles. The van der Waals surface area contributed by atoms with Crippen LogP contribution in [-0.2, 0) is 11.3 Å². The van der Waals surface area contributed by atoms with E-state index in [1.807, 2.05) is 23.9 Å². The van der Waals surface area contributed by atoms with Crippen molar-refractivity contribution in [1.29, 1.82) is 0 Å². The van der Waals surface area contributed by atoms with Crippen molar-refractivity contribution < 1.29 is 9.59 Å². The van der Waals surface area contributed by atoms with Crippen LogP contribution < -0.4 is 5.32 Å². The number of nitrogens with one attached hydrogen (secondary N) is 1. The molecule has 0 spiro atoms. The molecule has 1 saturated heterocycles. The third-order valence-electron chi connectivity index (χ3n) is 4.39. The van der Waals surface area contributed by atoms with Crippen LogP contribution in [0.15, 0.2) is 18.2 Å². The maximum absolute atomic E-state index is 12.3. The first-order chi connectivity index (χ1) is 11.4. The van der Waals surface area contributed by atoms with Crippen LogP contribution >= 0.6 is 0 Å². The number of carbonyl (C=O) groups is 2. The summed E-state index contributed by atoms with van der Waals surface area (Å²) in [5, 5.41) is 2.86. The zero-order chi connectivity index (χ0) is 17.7. The molecule has 0 atom stereocenters. The van der Waals surface area contributed by atoms with E-state index in [9.17, 15) is 9.59 Å². The van der Waals surface area contributed by atoms with Gasteiger partial charge in [-0.1, -0.05) is 18.2 Å². The molecule has 0 unspecified atom stereocenters. The van der Waals surface area contributed by atoms with E-state index in [4.69, 9.17) is 0 Å². The number of amides is 3. The first kappa shape index (κ1) is 18.3. The smallest absolute Gasteiger partial charge is 0.317 e. The molecule has 24 heavy (non-hydrogen) atoms. The molecule has 1 heterocycles. The monoisotopic (exact) mass is 332 g/mol. The van der Waals surface area contributed by atoms with Crippen molar-refractivity contribution in [2.24, 2.45) is 0 Å². The molecule has 0 bridgehead atoms. The first-order valence-corrected chi connectivity index (χ1v) is 8.38. The van der Waals surface area contributed by atoms with Gasteiger partial charge in [-0.15, -0.1) is 0 Å². The normalized spacial score (nSPS) is 15.1. The lowest BCUT2D eigenvalue weighted by Crippen LogP contribution is -2.54. The van der Waals surface area contributed by atoms with E-state index in [0.717, 1.165) is 12.1 Å². The van der Waals surface area contributed by atoms with Gasteiger partial charge in [0.2, 0.25) is 5.91 Å². The molecule has 2 rings (SSSR count). The maximum atomic E-state index is 12.3. The van der Waals surface area contributed by atoms with Crippen LogP contribution in [0.4, 0.5) is 4.79 Å². The Morgan fingerprint density at radius 1 is 1.21 bits per heavy atom. The molecule has 0 radical (unpaired) electrons. The summed E-state index contributed by atoms with van der Waals surface area (Å²) < 4.78 is 0. The fourth-order valence-corrected chi connectivity index (χ4v) is 2.67. The van der Waals surface area contributed by atoms with Crippen molar-refractivity contribution in [2.45, 2.75) is 20.4 Å². The minimum Gasteiger partial charge on any atom is -0.337 e. The number of likely N-dealkylation sites (N-methyl/N-ethyl adjacent to an activating group) is 1. The highest BCUT2D eigenvalue weighted by atomic mass is 16.2. The summed E-state index contributed by atoms with van der Waals surface area (Å²) in [4.78, 5) is 29.9. The van der Waals surface area contributed by atoms with Gasteiger partial charge in [0.05, 0.1) is 0 Å². The molecule has 1 N–H and O–H groups in total. The van der Waals surface area contributed by atoms with Crippen molar-refractivity contribution in [3.05, 3.63) is 34.9 Å². The molecule has 1 aromatic carbocycles. The van der Waals surface area contributed by atoms with E-state index in [1.54, 1.807) is 4.90 Å². The molecule has 1 aliphatic rings. The van der Waals surface area contributed by atoms with Gasteiger partial charge in [0.15, 0.2) is 0 Å². The van der Waals surface area contributed by atoms with Gasteiger partial charge in [-0.05, 0) is 44.6 Å². The number of rotatable bonds is 5. The lowest BCUT2D eigenvalue weighted by molar-refractivity contribution is -0.135. The number of piperazine rings is 1. The molecule has 0 saturated carbocycles. The van der Waals surface area contributed by atoms with Gasteiger partial charge in [0, 0.05) is 32.7 Å². The Morgan fingerprint density at radius 3 is 2.58 bits per heavy atom. The Kier molecular flexibility index (Phi) is 6.20. The SMILES string of the molecule is Cc1ccc(CN2CCN(C(=O)NCCN(C)C)CC2=O)cc1C. The summed E-state index contributed by atoms with van der Waals surface area (Å²) >= 11 is 0. The highest BCUT2D eigenvalue weighted by molar-refractivity contribution is 5.85. The zero-order valence-corrected chi connectivity index (χ0v) is 15.1. The summed E-state index contributed by atoms with van der Waals surface area (Å²) in [6.07, 6.45) is 0. The Hall–Kier alpha value is -2.08. The van der Waals surface area contributed by atoms with E-state index in [-0.39, 0.29) is 18.5 Å². The summed E-state index contributed by atoms with van der Waals surface area (Å²) in [5.74, 6) is 0.00207. The van der Waals surface area contributed by atoms with Gasteiger partial charge in [-0.25, -0.2) is 4.79 Å². The Bertz CT molecular complexity index is 601. The second-order valence-electron chi connectivity index (χ2n) is 6.69. The Morgan fingerprint density at radius 2 is 1.96 bits per heavy atom. The molecule has 3 amide bonds. The summed E-state index contributed by atoms with van der Waals surface area (Å²) in [5.41, 5.74) is 3.62. The predicted molar refractivity (Wildman–Crippen MR) is 94.9 cm³/mol. The van der Waals surface area contributed by atoms with Crippen molar-refractivity contribution >= 4 is 11.9 Å². The Labute approximate surface area is 144 Å². The molecule has 1 aromatic rings. The van der Waals surface area contributed by atoms with Crippen molar-refractivity contribution in [1.82, 2.24) is 20.0 Å². The molecule has 6 nitrogen and oxygen atoms in total. The van der Waals surface area contributed by atoms with E-state index < -0.39 is 0 Å². The van der Waals surface area contributed by atoms with Crippen LogP contribution in [0.5, 0.6) is 0 Å². The molecule has 0 aromatic heterocycles. The van der Waals surface area contributed by atoms with Gasteiger partial charge in [-0.2, -0.15) is 0 Å². The van der Waals surface area contributed by atoms with E-state index in [0.29, 0.717) is 26.2 Å². The summed E-state index contributed by atoms with van der Waals surface area (Å²) in [7, 11) is 3.92. The number of aryl methyl sites for hydroxylation is 2. The highest BCUT2D eigenvalue weighted by Crippen LogP contribution is 2.14. The van der Waals surface area contributed by atoms with E-state index >= 15 is 0 Å². The van der Waals surface area contributed by atoms with Crippen LogP contribution in [-0.4, -0.2) is 73.5 Å². The summed E-state index contributed by atoms with van der Waals surface area (Å²) in [6.45, 7) is 7.44. The zero-order valence-electron chi connectivity index (χ0n) is 15.1. The largest absolute Gasteiger partial charge is 0.337 e. The summed E-state index contributed by atoms with van der Waals surface area (Å²) in [6, 6.07) is 6.12. The van der Waals surface area contributed by atoms with Crippen LogP contribution in [0.25, 0.3) is 0 Å². The van der Waals surface area contributed by atoms with Gasteiger partial charge in [0.25, 0.3) is 0 Å². The fraction of sp³-hybridized carbons (Fsp3) is 0.556. The number of urea groups is 1. The van der Waals surface area contributed by atoms with Crippen LogP contribution in [0.2, 0.25) is 0 Å². The van der Waals surface area contributed by atoms with E-state index in [2.05, 4.69) is 37.4 Å². The fourth-order valence-electron chi connectivity index (χ4n) is 2.67. The molecule has 1 fully saturated rings. The predicted octanol–water partition coefficient (Wildman–Crippen LogP) is 1.22. The average Bonchev–Trinajstić information content (AvgIpc) is 2.52. The van der Waals surface area contributed by atoms with Gasteiger partial charge in [-0.3, -0.25) is 4.79 Å². The molecular formula is C18H28N4O2. The average molecular weight is 332 g/mol. The third kappa shape index (κ3) is 4.96. The van der Waals surface area contributed by atoms with E-state index in [1.165, 1.54) is 11.1 Å². The molecular weight excluding hydrogens is 304 g/mol. The lowest BCUT2D eigenvalue weighted by atomic mass is 10.1. The highest BCUT2D eigenvalue weighted by Gasteiger charge is 2.26. The van der Waals surface area contributed by atoms with Gasteiger partial charge >= 0.3 is 6.03 Å². The van der Waals surface area contributed by atoms with Crippen LogP contribution in [0.3, 0.4) is 0 Å². The third-order valence-corrected chi connectivity index (χ3v) is 4.39. The number of hydrogen-bond donors (Lipinski definition) is 1. The van der Waals surface area contributed by atoms with Crippen LogP contribution in [0, 0.1) is 13.8 Å². The maximum Gasteiger partial charge on any atom is 0.317 e. The second-order valence-corrected chi connectivity index (χ2v) is 6.69. The minimum atomic E-state index is -0.156. The number of carbonyl (C=O) groups excluding carboxylic acids is 2. The van der Waals surface area contributed by atoms with Gasteiger partial charge in [0.1, 0.15) is 6.54 Å². The quantitative estimate of drug-likeness (QED) is 0.882. The van der Waals surface area contributed by atoms with Crippen molar-refractivity contribution in [3.8, 4) is 0 Å². The lowest BCUT2D eigenvalue weighted by Gasteiger charge is -2.34. The minimum absolute atomic E-state index is 0.00207. The standard InChI is InChI=1S/C18H28N4O2/c1-14-5-6-16(11-15(14)2)12-21-9-10-22(13-17(21)23)18(24)19-7-8-20(3)4/h5-6,11H,7-10,12-13H2,1-4H3,(H,19,24). The number of nitrogens with zero attached hydrogens (tertiary/aromatic N) is 3. The Balaban J connectivity index is 1.85. The van der Waals surface area contributed by atoms with Crippen molar-refractivity contribution in [2.75, 3.05) is 46.8 Å².